The van der Waals surface area contributed by atoms with Gasteiger partial charge >= 0.3 is 5.97 Å². The maximum atomic E-state index is 12.5. The van der Waals surface area contributed by atoms with E-state index in [1.807, 2.05) is 30.3 Å². The van der Waals surface area contributed by atoms with Crippen molar-refractivity contribution in [3.05, 3.63) is 59.2 Å². The number of rotatable bonds is 6. The molecule has 240 valence electrons. The molecule has 0 saturated heterocycles. The number of hydrogen-bond acceptors (Lipinski definition) is 3. The van der Waals surface area contributed by atoms with Gasteiger partial charge in [-0.2, -0.15) is 0 Å². The maximum Gasteiger partial charge on any atom is 0.338 e. The smallest absolute Gasteiger partial charge is 0.338 e. The monoisotopic (exact) mass is 597 g/mol. The molecule has 3 heteroatoms. The fourth-order valence-corrected chi connectivity index (χ4v) is 13.0. The highest BCUT2D eigenvalue weighted by atomic mass is 16.5. The van der Waals surface area contributed by atoms with Crippen LogP contribution in [0.2, 0.25) is 0 Å². The molecular weight excluding hydrogens is 538 g/mol. The Morgan fingerprint density at radius 2 is 1.70 bits per heavy atom. The number of carbonyl (C=O) groups is 1. The summed E-state index contributed by atoms with van der Waals surface area (Å²) in [5.41, 5.74) is 5.71. The predicted octanol–water partition coefficient (Wildman–Crippen LogP) is 9.93. The number of ether oxygens (including phenoxy) is 1. The second-order valence-corrected chi connectivity index (χ2v) is 16.9. The van der Waals surface area contributed by atoms with Crippen molar-refractivity contribution in [2.24, 2.45) is 51.8 Å². The zero-order valence-electron chi connectivity index (χ0n) is 28.4. The van der Waals surface area contributed by atoms with Gasteiger partial charge in [0.2, 0.25) is 0 Å². The van der Waals surface area contributed by atoms with Gasteiger partial charge in [0.15, 0.2) is 0 Å². The lowest BCUT2D eigenvalue weighted by Crippen LogP contribution is -2.66. The molecule has 9 unspecified atom stereocenters. The van der Waals surface area contributed by atoms with Crippen LogP contribution in [0.15, 0.2) is 53.6 Å². The van der Waals surface area contributed by atoms with Gasteiger partial charge < -0.3 is 10.1 Å². The molecule has 0 bridgehead atoms. The van der Waals surface area contributed by atoms with Crippen molar-refractivity contribution in [2.45, 2.75) is 124 Å². The predicted molar refractivity (Wildman–Crippen MR) is 180 cm³/mol. The highest BCUT2D eigenvalue weighted by Gasteiger charge is 2.68. The fraction of sp³-hybridized carbons (Fsp3) is 0.732. The molecule has 7 rings (SSSR count). The van der Waals surface area contributed by atoms with E-state index >= 15 is 0 Å². The van der Waals surface area contributed by atoms with E-state index in [-0.39, 0.29) is 5.97 Å². The average molecular weight is 598 g/mol. The second-order valence-electron chi connectivity index (χ2n) is 16.9. The van der Waals surface area contributed by atoms with Crippen LogP contribution in [0.5, 0.6) is 0 Å². The number of benzene rings is 1. The van der Waals surface area contributed by atoms with Gasteiger partial charge in [-0.25, -0.2) is 4.79 Å². The lowest BCUT2D eigenvalue weighted by molar-refractivity contribution is -0.212. The van der Waals surface area contributed by atoms with E-state index in [9.17, 15) is 4.79 Å². The molecule has 1 aromatic rings. The average Bonchev–Trinajstić information content (AvgIpc) is 3.45. The topological polar surface area (TPSA) is 38.3 Å². The SMILES string of the molecule is CCNC12CCCC1C1CCC3C4(C)CC=C(C5=CCC(COC(=O)c6ccccc6)CC5)C(C)C4CCC3(C)[C@]1(C)CC2. The fourth-order valence-electron chi connectivity index (χ4n) is 13.0. The Morgan fingerprint density at radius 3 is 2.45 bits per heavy atom. The van der Waals surface area contributed by atoms with Crippen LogP contribution in [-0.4, -0.2) is 24.7 Å². The van der Waals surface area contributed by atoms with Gasteiger partial charge in [-0.3, -0.25) is 0 Å². The van der Waals surface area contributed by atoms with Crippen LogP contribution in [-0.2, 0) is 4.74 Å². The first-order valence-corrected chi connectivity index (χ1v) is 18.5. The molecule has 4 saturated carbocycles. The Labute approximate surface area is 268 Å². The van der Waals surface area contributed by atoms with Crippen molar-refractivity contribution in [3.8, 4) is 0 Å². The van der Waals surface area contributed by atoms with Crippen LogP contribution in [0.25, 0.3) is 0 Å². The molecule has 0 aliphatic heterocycles. The maximum absolute atomic E-state index is 12.5. The molecule has 0 spiro atoms. The number of fused-ring (bicyclic) bond motifs is 7. The molecule has 1 N–H and O–H groups in total. The lowest BCUT2D eigenvalue weighted by Gasteiger charge is -2.71. The molecule has 6 aliphatic carbocycles. The molecule has 4 fully saturated rings. The third kappa shape index (κ3) is 4.64. The van der Waals surface area contributed by atoms with E-state index in [0.717, 1.165) is 49.5 Å². The summed E-state index contributed by atoms with van der Waals surface area (Å²) in [6, 6.07) is 9.41. The van der Waals surface area contributed by atoms with Crippen molar-refractivity contribution < 1.29 is 9.53 Å². The quantitative estimate of drug-likeness (QED) is 0.332. The Balaban J connectivity index is 1.05. The largest absolute Gasteiger partial charge is 0.462 e. The van der Waals surface area contributed by atoms with E-state index in [1.165, 1.54) is 64.2 Å². The Hall–Kier alpha value is -1.87. The number of esters is 1. The van der Waals surface area contributed by atoms with Crippen LogP contribution in [0.4, 0.5) is 0 Å². The van der Waals surface area contributed by atoms with Gasteiger partial charge in [-0.05, 0) is 159 Å². The Morgan fingerprint density at radius 1 is 0.886 bits per heavy atom. The second kappa shape index (κ2) is 11.4. The lowest BCUT2D eigenvalue weighted by atomic mass is 9.34. The third-order valence-electron chi connectivity index (χ3n) is 15.4. The molecule has 0 heterocycles. The van der Waals surface area contributed by atoms with Crippen molar-refractivity contribution >= 4 is 5.97 Å². The Bertz CT molecular complexity index is 1300. The van der Waals surface area contributed by atoms with Crippen molar-refractivity contribution in [3.63, 3.8) is 0 Å². The van der Waals surface area contributed by atoms with Crippen LogP contribution in [0.3, 0.4) is 0 Å². The number of carbonyl (C=O) groups excluding carboxylic acids is 1. The van der Waals surface area contributed by atoms with Gasteiger partial charge in [-0.15, -0.1) is 0 Å². The van der Waals surface area contributed by atoms with Crippen LogP contribution in [0, 0.1) is 51.8 Å². The number of hydrogen-bond donors (Lipinski definition) is 1. The summed E-state index contributed by atoms with van der Waals surface area (Å²) in [6.07, 6.45) is 22.6. The zero-order valence-corrected chi connectivity index (χ0v) is 28.4. The molecule has 0 amide bonds. The van der Waals surface area contributed by atoms with E-state index < -0.39 is 0 Å². The number of nitrogens with one attached hydrogen (secondary N) is 1. The first-order chi connectivity index (χ1) is 21.2. The first-order valence-electron chi connectivity index (χ1n) is 18.5. The van der Waals surface area contributed by atoms with E-state index in [2.05, 4.69) is 52.1 Å². The molecule has 0 radical (unpaired) electrons. The first kappa shape index (κ1) is 30.8. The molecule has 3 nitrogen and oxygen atoms in total. The zero-order chi connectivity index (χ0) is 30.7. The summed E-state index contributed by atoms with van der Waals surface area (Å²) in [5, 5.41) is 4.08. The summed E-state index contributed by atoms with van der Waals surface area (Å²) < 4.78 is 5.71. The van der Waals surface area contributed by atoms with Gasteiger partial charge in [-0.1, -0.05) is 71.4 Å². The summed E-state index contributed by atoms with van der Waals surface area (Å²) in [6.45, 7) is 14.8. The minimum atomic E-state index is -0.191. The molecule has 6 aliphatic rings. The summed E-state index contributed by atoms with van der Waals surface area (Å²) in [4.78, 5) is 12.5. The van der Waals surface area contributed by atoms with Crippen molar-refractivity contribution in [2.75, 3.05) is 13.2 Å². The summed E-state index contributed by atoms with van der Waals surface area (Å²) in [7, 11) is 0. The highest BCUT2D eigenvalue weighted by molar-refractivity contribution is 5.89. The minimum absolute atomic E-state index is 0.191. The van der Waals surface area contributed by atoms with E-state index in [4.69, 9.17) is 4.74 Å². The van der Waals surface area contributed by atoms with Crippen molar-refractivity contribution in [1.29, 1.82) is 0 Å². The van der Waals surface area contributed by atoms with Crippen LogP contribution >= 0.6 is 0 Å². The highest BCUT2D eigenvalue weighted by Crippen LogP contribution is 2.75. The minimum Gasteiger partial charge on any atom is -0.462 e. The summed E-state index contributed by atoms with van der Waals surface area (Å²) >= 11 is 0. The van der Waals surface area contributed by atoms with Crippen LogP contribution < -0.4 is 5.32 Å². The molecule has 10 atom stereocenters. The van der Waals surface area contributed by atoms with Gasteiger partial charge in [0.25, 0.3) is 0 Å². The van der Waals surface area contributed by atoms with E-state index in [0.29, 0.717) is 45.8 Å². The molecule has 44 heavy (non-hydrogen) atoms. The van der Waals surface area contributed by atoms with Crippen LogP contribution in [0.1, 0.15) is 128 Å². The standard InChI is InChI=1S/C41H59NO2/c1-6-42-41-22-10-13-35(41)34-18-19-36-38(3)23-20-32(28(2)33(38)21-24-40(36,5)39(34,4)25-26-41)30-16-14-29(15-17-30)27-44-37(43)31-11-8-7-9-12-31/h7-9,11-12,16,20,28-29,33-36,42H,6,10,13-15,17-19,21-27H2,1-5H3/t28?,29?,33?,34?,35?,36?,38?,39-,40?,41?/m1/s1. The normalized spacial score (nSPS) is 44.8. The van der Waals surface area contributed by atoms with E-state index in [1.54, 1.807) is 11.1 Å². The molecule has 1 aromatic carbocycles. The molecular formula is C41H59NO2. The van der Waals surface area contributed by atoms with Crippen molar-refractivity contribution in [1.82, 2.24) is 5.32 Å². The summed E-state index contributed by atoms with van der Waals surface area (Å²) in [5.74, 6) is 4.32. The van der Waals surface area contributed by atoms with Gasteiger partial charge in [0.1, 0.15) is 0 Å². The molecule has 0 aromatic heterocycles. The third-order valence-corrected chi connectivity index (χ3v) is 15.4. The van der Waals surface area contributed by atoms with Gasteiger partial charge in [0.05, 0.1) is 12.2 Å². The van der Waals surface area contributed by atoms with Gasteiger partial charge in [0, 0.05) is 5.54 Å². The number of allylic oxidation sites excluding steroid dienone is 4. The Kier molecular flexibility index (Phi) is 7.99.